The summed E-state index contributed by atoms with van der Waals surface area (Å²) in [6.45, 7) is 1.85. The van der Waals surface area contributed by atoms with E-state index < -0.39 is 0 Å². The SMILES string of the molecule is Cn1c(=O)n(C)c2nc(-c3cc(-c4ccc(-c5cccs5)cc4)cc(N4CCCCC4)c3C#N)cnc21. The highest BCUT2D eigenvalue weighted by molar-refractivity contribution is 7.13. The lowest BCUT2D eigenvalue weighted by molar-refractivity contribution is 0.577. The van der Waals surface area contributed by atoms with E-state index in [0.717, 1.165) is 48.3 Å². The molecule has 0 saturated carbocycles. The van der Waals surface area contributed by atoms with Crippen LogP contribution < -0.4 is 10.6 Å². The molecule has 3 aromatic heterocycles. The lowest BCUT2D eigenvalue weighted by atomic mass is 9.94. The van der Waals surface area contributed by atoms with Gasteiger partial charge in [-0.25, -0.2) is 14.8 Å². The first-order valence-corrected chi connectivity index (χ1v) is 13.3. The first-order chi connectivity index (χ1) is 18.0. The van der Waals surface area contributed by atoms with Crippen molar-refractivity contribution in [1.29, 1.82) is 5.26 Å². The minimum absolute atomic E-state index is 0.179. The number of hydrogen-bond donors (Lipinski definition) is 0. The highest BCUT2D eigenvalue weighted by Gasteiger charge is 2.22. The van der Waals surface area contributed by atoms with E-state index in [4.69, 9.17) is 4.98 Å². The molecule has 2 aromatic carbocycles. The predicted molar refractivity (Wildman–Crippen MR) is 149 cm³/mol. The van der Waals surface area contributed by atoms with Gasteiger partial charge in [-0.3, -0.25) is 9.13 Å². The zero-order chi connectivity index (χ0) is 25.5. The van der Waals surface area contributed by atoms with Gasteiger partial charge in [0.05, 0.1) is 23.1 Å². The molecule has 1 fully saturated rings. The Morgan fingerprint density at radius 2 is 1.65 bits per heavy atom. The molecule has 0 N–H and O–H groups in total. The Balaban J connectivity index is 1.54. The molecule has 184 valence electrons. The second kappa shape index (κ2) is 9.34. The zero-order valence-electron chi connectivity index (χ0n) is 20.8. The predicted octanol–water partition coefficient (Wildman–Crippen LogP) is 5.59. The monoisotopic (exact) mass is 506 g/mol. The van der Waals surface area contributed by atoms with Gasteiger partial charge < -0.3 is 4.90 Å². The summed E-state index contributed by atoms with van der Waals surface area (Å²) in [7, 11) is 3.38. The molecule has 0 bridgehead atoms. The van der Waals surface area contributed by atoms with Gasteiger partial charge in [0, 0.05) is 37.6 Å². The summed E-state index contributed by atoms with van der Waals surface area (Å²) in [5.74, 6) is 0. The van der Waals surface area contributed by atoms with Crippen LogP contribution in [0.3, 0.4) is 0 Å². The third-order valence-corrected chi connectivity index (χ3v) is 8.09. The number of benzene rings is 2. The molecule has 6 rings (SSSR count). The fourth-order valence-corrected chi connectivity index (χ4v) is 5.87. The lowest BCUT2D eigenvalue weighted by Gasteiger charge is -2.30. The molecule has 37 heavy (non-hydrogen) atoms. The van der Waals surface area contributed by atoms with Crippen LogP contribution in [0.2, 0.25) is 0 Å². The molecular formula is C29H26N6OS. The molecule has 5 aromatic rings. The Bertz CT molecular complexity index is 1700. The number of nitrogens with zero attached hydrogens (tertiary/aromatic N) is 6. The van der Waals surface area contributed by atoms with Crippen LogP contribution >= 0.6 is 11.3 Å². The first-order valence-electron chi connectivity index (χ1n) is 12.4. The molecule has 1 saturated heterocycles. The van der Waals surface area contributed by atoms with E-state index in [0.29, 0.717) is 22.6 Å². The number of aryl methyl sites for hydroxylation is 2. The summed E-state index contributed by atoms with van der Waals surface area (Å²) in [5, 5.41) is 12.4. The van der Waals surface area contributed by atoms with Gasteiger partial charge in [0.1, 0.15) is 6.07 Å². The maximum atomic E-state index is 12.5. The maximum Gasteiger partial charge on any atom is 0.330 e. The van der Waals surface area contributed by atoms with E-state index in [9.17, 15) is 10.1 Å². The fraction of sp³-hybridized carbons (Fsp3) is 0.241. The number of anilines is 1. The Kier molecular flexibility index (Phi) is 5.85. The molecule has 0 spiro atoms. The van der Waals surface area contributed by atoms with Gasteiger partial charge in [-0.2, -0.15) is 5.26 Å². The van der Waals surface area contributed by atoms with E-state index in [1.807, 2.05) is 6.07 Å². The number of rotatable bonds is 4. The molecule has 4 heterocycles. The zero-order valence-corrected chi connectivity index (χ0v) is 21.6. The standard InChI is InChI=1S/C29H26N6OS/c1-33-27-28(34(2)29(33)36)32-24(18-31-27)22-15-21(16-25(23(22)17-30)35-12-4-3-5-13-35)19-8-10-20(11-9-19)26-7-6-14-37-26/h6-11,14-16,18H,3-5,12-13H2,1-2H3. The Hall–Kier alpha value is -4.22. The average molecular weight is 507 g/mol. The minimum Gasteiger partial charge on any atom is -0.370 e. The van der Waals surface area contributed by atoms with Crippen LogP contribution in [-0.2, 0) is 14.1 Å². The Labute approximate surface area is 218 Å². The van der Waals surface area contributed by atoms with E-state index in [1.165, 1.54) is 26.0 Å². The van der Waals surface area contributed by atoms with Gasteiger partial charge in [0.15, 0.2) is 11.3 Å². The summed E-state index contributed by atoms with van der Waals surface area (Å²) in [4.78, 5) is 25.4. The molecular weight excluding hydrogens is 480 g/mol. The van der Waals surface area contributed by atoms with Gasteiger partial charge >= 0.3 is 5.69 Å². The number of thiophene rings is 1. The van der Waals surface area contributed by atoms with Crippen molar-refractivity contribution in [2.24, 2.45) is 14.1 Å². The van der Waals surface area contributed by atoms with Crippen molar-refractivity contribution in [1.82, 2.24) is 19.1 Å². The van der Waals surface area contributed by atoms with Crippen LogP contribution in [-0.4, -0.2) is 32.2 Å². The molecule has 8 heteroatoms. The quantitative estimate of drug-likeness (QED) is 0.317. The normalized spacial score (nSPS) is 13.7. The molecule has 0 atom stereocenters. The van der Waals surface area contributed by atoms with E-state index in [2.05, 4.69) is 63.8 Å². The number of nitriles is 1. The summed E-state index contributed by atoms with van der Waals surface area (Å²) in [6.07, 6.45) is 5.09. The largest absolute Gasteiger partial charge is 0.370 e. The fourth-order valence-electron chi connectivity index (χ4n) is 5.14. The third kappa shape index (κ3) is 4.02. The molecule has 1 aliphatic heterocycles. The Morgan fingerprint density at radius 3 is 2.35 bits per heavy atom. The molecule has 1 aliphatic rings. The topological polar surface area (TPSA) is 79.7 Å². The van der Waals surface area contributed by atoms with Crippen LogP contribution in [0, 0.1) is 11.3 Å². The van der Waals surface area contributed by atoms with Gasteiger partial charge in [0.25, 0.3) is 0 Å². The van der Waals surface area contributed by atoms with Crippen molar-refractivity contribution in [3.05, 3.63) is 76.2 Å². The van der Waals surface area contributed by atoms with Gasteiger partial charge in [-0.05, 0) is 59.5 Å². The number of hydrogen-bond acceptors (Lipinski definition) is 6. The second-order valence-electron chi connectivity index (χ2n) is 9.44. The highest BCUT2D eigenvalue weighted by Crippen LogP contribution is 2.38. The molecule has 0 amide bonds. The van der Waals surface area contributed by atoms with Crippen LogP contribution in [0.1, 0.15) is 24.8 Å². The highest BCUT2D eigenvalue weighted by atomic mass is 32.1. The maximum absolute atomic E-state index is 12.5. The smallest absolute Gasteiger partial charge is 0.330 e. The van der Waals surface area contributed by atoms with Crippen molar-refractivity contribution in [3.63, 3.8) is 0 Å². The van der Waals surface area contributed by atoms with Gasteiger partial charge in [0.2, 0.25) is 0 Å². The van der Waals surface area contributed by atoms with Crippen LogP contribution in [0.15, 0.2) is 64.9 Å². The van der Waals surface area contributed by atoms with Crippen LogP contribution in [0.4, 0.5) is 5.69 Å². The summed E-state index contributed by atoms with van der Waals surface area (Å²) in [5.41, 5.74) is 6.96. The number of aromatic nitrogens is 4. The summed E-state index contributed by atoms with van der Waals surface area (Å²) in [6, 6.07) is 19.4. The van der Waals surface area contributed by atoms with Crippen molar-refractivity contribution >= 4 is 28.3 Å². The van der Waals surface area contributed by atoms with E-state index in [-0.39, 0.29) is 5.69 Å². The number of piperidine rings is 1. The van der Waals surface area contributed by atoms with Crippen molar-refractivity contribution < 1.29 is 0 Å². The number of fused-ring (bicyclic) bond motifs is 1. The first kappa shape index (κ1) is 23.2. The van der Waals surface area contributed by atoms with Crippen LogP contribution in [0.5, 0.6) is 0 Å². The molecule has 0 aliphatic carbocycles. The summed E-state index contributed by atoms with van der Waals surface area (Å²) < 4.78 is 2.98. The Morgan fingerprint density at radius 1 is 0.919 bits per heavy atom. The van der Waals surface area contributed by atoms with Gasteiger partial charge in [-0.1, -0.05) is 30.3 Å². The summed E-state index contributed by atoms with van der Waals surface area (Å²) >= 11 is 1.72. The van der Waals surface area contributed by atoms with E-state index >= 15 is 0 Å². The molecule has 7 nitrogen and oxygen atoms in total. The van der Waals surface area contributed by atoms with E-state index in [1.54, 1.807) is 31.6 Å². The van der Waals surface area contributed by atoms with Crippen molar-refractivity contribution in [2.75, 3.05) is 18.0 Å². The lowest BCUT2D eigenvalue weighted by Crippen LogP contribution is -2.30. The van der Waals surface area contributed by atoms with Gasteiger partial charge in [-0.15, -0.1) is 11.3 Å². The number of imidazole rings is 1. The van der Waals surface area contributed by atoms with Crippen LogP contribution in [0.25, 0.3) is 44.1 Å². The van der Waals surface area contributed by atoms with Crippen molar-refractivity contribution in [3.8, 4) is 38.9 Å². The second-order valence-corrected chi connectivity index (χ2v) is 10.4. The average Bonchev–Trinajstić information content (AvgIpc) is 3.57. The van der Waals surface area contributed by atoms with Crippen molar-refractivity contribution in [2.45, 2.75) is 19.3 Å². The minimum atomic E-state index is -0.179. The molecule has 0 unspecified atom stereocenters. The molecule has 0 radical (unpaired) electrons. The third-order valence-electron chi connectivity index (χ3n) is 7.17.